The lowest BCUT2D eigenvalue weighted by Gasteiger charge is -2.16. The third-order valence-corrected chi connectivity index (χ3v) is 12.5. The van der Waals surface area contributed by atoms with Gasteiger partial charge in [0.2, 0.25) is 0 Å². The Balaban J connectivity index is 0.908. The SMILES string of the molecule is c1ccc(-n2c(-c3ccc(-c4ccccc4-c4ccccc4-c4ccc5c(c4)c4ccccc4n5-c4ccccc4)cc3)nnc2-c2ccc(-c3cccc4ccccc34)cc2)cc1. The molecule has 0 aliphatic rings. The summed E-state index contributed by atoms with van der Waals surface area (Å²) in [5.41, 5.74) is 16.0. The number of rotatable bonds is 8. The molecule has 0 N–H and O–H groups in total. The molecule has 0 saturated carbocycles. The van der Waals surface area contributed by atoms with Gasteiger partial charge in [-0.1, -0.05) is 200 Å². The van der Waals surface area contributed by atoms with Crippen molar-refractivity contribution in [3.8, 4) is 78.7 Å². The molecular weight excluding hydrogens is 777 g/mol. The largest absolute Gasteiger partial charge is 0.309 e. The van der Waals surface area contributed by atoms with Crippen molar-refractivity contribution in [1.82, 2.24) is 19.3 Å². The van der Waals surface area contributed by atoms with Gasteiger partial charge in [-0.05, 0) is 97.7 Å². The van der Waals surface area contributed by atoms with Crippen molar-refractivity contribution < 1.29 is 0 Å². The molecule has 0 unspecified atom stereocenters. The zero-order valence-corrected chi connectivity index (χ0v) is 34.9. The first-order valence-corrected chi connectivity index (χ1v) is 21.7. The zero-order valence-electron chi connectivity index (χ0n) is 34.9. The summed E-state index contributed by atoms with van der Waals surface area (Å²) in [5.74, 6) is 1.58. The van der Waals surface area contributed by atoms with Crippen LogP contribution in [0.1, 0.15) is 0 Å². The summed E-state index contributed by atoms with van der Waals surface area (Å²) >= 11 is 0. The van der Waals surface area contributed by atoms with Crippen LogP contribution in [0.2, 0.25) is 0 Å². The second kappa shape index (κ2) is 15.7. The number of hydrogen-bond acceptors (Lipinski definition) is 2. The van der Waals surface area contributed by atoms with E-state index in [-0.39, 0.29) is 0 Å². The smallest absolute Gasteiger partial charge is 0.168 e. The van der Waals surface area contributed by atoms with E-state index < -0.39 is 0 Å². The lowest BCUT2D eigenvalue weighted by Crippen LogP contribution is -2.00. The van der Waals surface area contributed by atoms with Crippen LogP contribution in [0.25, 0.3) is 111 Å². The van der Waals surface area contributed by atoms with E-state index in [4.69, 9.17) is 10.2 Å². The fourth-order valence-electron chi connectivity index (χ4n) is 9.49. The summed E-state index contributed by atoms with van der Waals surface area (Å²) in [6.45, 7) is 0. The molecule has 0 amide bonds. The average Bonchev–Trinajstić information content (AvgIpc) is 3.97. The van der Waals surface area contributed by atoms with Gasteiger partial charge in [0.25, 0.3) is 0 Å². The molecule has 0 fully saturated rings. The molecule has 4 heteroatoms. The van der Waals surface area contributed by atoms with Crippen LogP contribution in [0.15, 0.2) is 243 Å². The minimum atomic E-state index is 0.786. The maximum absolute atomic E-state index is 4.84. The number of aromatic nitrogens is 4. The van der Waals surface area contributed by atoms with Crippen LogP contribution in [0.4, 0.5) is 0 Å². The standard InChI is InChI=1S/C60H40N4/c1-3-18-47(19-4-1)63-57-29-14-13-27-55(57)56-40-46(38-39-58(56)63)52-24-10-12-26-54(52)53-25-11-9-23-51(53)43-32-36-45(37-33-43)60-62-61-59(64(60)48-20-5-2-6-21-48)44-34-30-42(31-35-44)50-28-15-17-41-16-7-8-22-49(41)50/h1-40H. The van der Waals surface area contributed by atoms with Gasteiger partial charge >= 0.3 is 0 Å². The van der Waals surface area contributed by atoms with E-state index >= 15 is 0 Å². The molecule has 0 radical (unpaired) electrons. The van der Waals surface area contributed by atoms with E-state index in [1.165, 1.54) is 71.5 Å². The zero-order chi connectivity index (χ0) is 42.4. The van der Waals surface area contributed by atoms with E-state index in [9.17, 15) is 0 Å². The van der Waals surface area contributed by atoms with Crippen LogP contribution in [0.5, 0.6) is 0 Å². The topological polar surface area (TPSA) is 35.6 Å². The van der Waals surface area contributed by atoms with E-state index in [2.05, 4.69) is 246 Å². The maximum atomic E-state index is 4.84. The van der Waals surface area contributed by atoms with Gasteiger partial charge in [0, 0.05) is 33.3 Å². The number of para-hydroxylation sites is 3. The van der Waals surface area contributed by atoms with Gasteiger partial charge in [-0.3, -0.25) is 4.57 Å². The van der Waals surface area contributed by atoms with E-state index in [0.29, 0.717) is 0 Å². The second-order valence-corrected chi connectivity index (χ2v) is 16.2. The van der Waals surface area contributed by atoms with Gasteiger partial charge in [0.05, 0.1) is 11.0 Å². The number of fused-ring (bicyclic) bond motifs is 4. The molecular formula is C60H40N4. The molecule has 0 aliphatic heterocycles. The number of hydrogen-bond donors (Lipinski definition) is 0. The molecule has 12 aromatic rings. The fourth-order valence-corrected chi connectivity index (χ4v) is 9.49. The highest BCUT2D eigenvalue weighted by atomic mass is 15.3. The first-order chi connectivity index (χ1) is 31.8. The second-order valence-electron chi connectivity index (χ2n) is 16.2. The summed E-state index contributed by atoms with van der Waals surface area (Å²) in [5, 5.41) is 14.6. The Bertz CT molecular complexity index is 3630. The van der Waals surface area contributed by atoms with Crippen molar-refractivity contribution in [3.05, 3.63) is 243 Å². The molecule has 2 aromatic heterocycles. The van der Waals surface area contributed by atoms with Crippen LogP contribution in [0.3, 0.4) is 0 Å². The molecule has 64 heavy (non-hydrogen) atoms. The van der Waals surface area contributed by atoms with E-state index in [0.717, 1.165) is 39.7 Å². The van der Waals surface area contributed by atoms with Gasteiger partial charge in [0.15, 0.2) is 11.6 Å². The molecule has 12 rings (SSSR count). The third-order valence-electron chi connectivity index (χ3n) is 12.5. The Labute approximate surface area is 371 Å². The number of nitrogens with zero attached hydrogens (tertiary/aromatic N) is 4. The fraction of sp³-hybridized carbons (Fsp3) is 0. The first-order valence-electron chi connectivity index (χ1n) is 21.7. The molecule has 0 bridgehead atoms. The highest BCUT2D eigenvalue weighted by molar-refractivity contribution is 6.11. The van der Waals surface area contributed by atoms with Crippen LogP contribution in [0, 0.1) is 0 Å². The highest BCUT2D eigenvalue weighted by Crippen LogP contribution is 2.41. The molecule has 2 heterocycles. The summed E-state index contributed by atoms with van der Waals surface area (Å²) in [7, 11) is 0. The van der Waals surface area contributed by atoms with Gasteiger partial charge in [0.1, 0.15) is 0 Å². The van der Waals surface area contributed by atoms with E-state index in [1.807, 2.05) is 6.07 Å². The van der Waals surface area contributed by atoms with Gasteiger partial charge in [-0.15, -0.1) is 10.2 Å². The van der Waals surface area contributed by atoms with Gasteiger partial charge < -0.3 is 4.57 Å². The molecule has 0 saturated heterocycles. The normalized spacial score (nSPS) is 11.4. The van der Waals surface area contributed by atoms with Crippen molar-refractivity contribution in [2.45, 2.75) is 0 Å². The predicted molar refractivity (Wildman–Crippen MR) is 266 cm³/mol. The Morgan fingerprint density at radius 3 is 1.31 bits per heavy atom. The Morgan fingerprint density at radius 2 is 0.672 bits per heavy atom. The average molecular weight is 817 g/mol. The van der Waals surface area contributed by atoms with Crippen molar-refractivity contribution in [2.75, 3.05) is 0 Å². The Morgan fingerprint density at radius 1 is 0.250 bits per heavy atom. The highest BCUT2D eigenvalue weighted by Gasteiger charge is 2.20. The van der Waals surface area contributed by atoms with Crippen LogP contribution >= 0.6 is 0 Å². The summed E-state index contributed by atoms with van der Waals surface area (Å²) in [4.78, 5) is 0. The summed E-state index contributed by atoms with van der Waals surface area (Å²) < 4.78 is 4.53. The van der Waals surface area contributed by atoms with Crippen molar-refractivity contribution in [1.29, 1.82) is 0 Å². The molecule has 300 valence electrons. The summed E-state index contributed by atoms with van der Waals surface area (Å²) in [6, 6.07) is 86.6. The van der Waals surface area contributed by atoms with Gasteiger partial charge in [-0.2, -0.15) is 0 Å². The maximum Gasteiger partial charge on any atom is 0.168 e. The predicted octanol–water partition coefficient (Wildman–Crippen LogP) is 15.5. The molecule has 10 aromatic carbocycles. The Kier molecular flexibility index (Phi) is 9.12. The van der Waals surface area contributed by atoms with Crippen LogP contribution < -0.4 is 0 Å². The summed E-state index contributed by atoms with van der Waals surface area (Å²) in [6.07, 6.45) is 0. The van der Waals surface area contributed by atoms with E-state index in [1.54, 1.807) is 0 Å². The monoisotopic (exact) mass is 816 g/mol. The van der Waals surface area contributed by atoms with Crippen molar-refractivity contribution >= 4 is 32.6 Å². The van der Waals surface area contributed by atoms with Crippen LogP contribution in [-0.2, 0) is 0 Å². The van der Waals surface area contributed by atoms with Gasteiger partial charge in [-0.25, -0.2) is 0 Å². The van der Waals surface area contributed by atoms with Crippen molar-refractivity contribution in [2.24, 2.45) is 0 Å². The minimum absolute atomic E-state index is 0.786. The quantitative estimate of drug-likeness (QED) is 0.153. The lowest BCUT2D eigenvalue weighted by atomic mass is 9.89. The molecule has 0 atom stereocenters. The lowest BCUT2D eigenvalue weighted by molar-refractivity contribution is 1.07. The molecule has 4 nitrogen and oxygen atoms in total. The molecule has 0 aliphatic carbocycles. The first kappa shape index (κ1) is 37.2. The van der Waals surface area contributed by atoms with Crippen LogP contribution in [-0.4, -0.2) is 19.3 Å². The minimum Gasteiger partial charge on any atom is -0.309 e. The van der Waals surface area contributed by atoms with Crippen molar-refractivity contribution in [3.63, 3.8) is 0 Å². The Hall–Kier alpha value is -8.60. The number of benzene rings is 10. The molecule has 0 spiro atoms. The third kappa shape index (κ3) is 6.40.